The second kappa shape index (κ2) is 6.63. The molecule has 1 atom stereocenters. The van der Waals surface area contributed by atoms with Crippen LogP contribution in [0.3, 0.4) is 0 Å². The fourth-order valence-electron chi connectivity index (χ4n) is 2.35. The van der Waals surface area contributed by atoms with Crippen LogP contribution < -0.4 is 10.6 Å². The normalized spacial score (nSPS) is 19.4. The van der Waals surface area contributed by atoms with Gasteiger partial charge in [0, 0.05) is 10.9 Å². The highest BCUT2D eigenvalue weighted by Gasteiger charge is 2.27. The number of carbonyl (C=O) groups excluding carboxylic acids is 1. The van der Waals surface area contributed by atoms with Crippen LogP contribution in [-0.2, 0) is 21.1 Å². The molecule has 9 heteroatoms. The zero-order chi connectivity index (χ0) is 16.3. The number of nitrogens with one attached hydrogen (secondary N) is 2. The van der Waals surface area contributed by atoms with Gasteiger partial charge in [0.2, 0.25) is 5.91 Å². The van der Waals surface area contributed by atoms with E-state index in [1.807, 2.05) is 17.5 Å². The zero-order valence-electron chi connectivity index (χ0n) is 12.2. The number of rotatable bonds is 5. The van der Waals surface area contributed by atoms with Crippen LogP contribution >= 0.6 is 11.3 Å². The van der Waals surface area contributed by atoms with Gasteiger partial charge in [-0.25, -0.2) is 8.42 Å². The number of anilines is 2. The number of sulfone groups is 1. The minimum atomic E-state index is -2.93. The summed E-state index contributed by atoms with van der Waals surface area (Å²) >= 11 is 1.53. The monoisotopic (exact) mass is 352 g/mol. The Balaban J connectivity index is 1.54. The number of amides is 1. The first kappa shape index (κ1) is 15.9. The molecule has 0 radical (unpaired) electrons. The summed E-state index contributed by atoms with van der Waals surface area (Å²) in [4.78, 5) is 12.8. The van der Waals surface area contributed by atoms with Gasteiger partial charge < -0.3 is 10.6 Å². The summed E-state index contributed by atoms with van der Waals surface area (Å²) in [5.41, 5.74) is 0. The second-order valence-electron chi connectivity index (χ2n) is 5.35. The lowest BCUT2D eigenvalue weighted by molar-refractivity contribution is -0.115. The lowest BCUT2D eigenvalue weighted by atomic mass is 10.2. The van der Waals surface area contributed by atoms with Crippen LogP contribution in [0.2, 0.25) is 0 Å². The van der Waals surface area contributed by atoms with Gasteiger partial charge >= 0.3 is 0 Å². The van der Waals surface area contributed by atoms with Gasteiger partial charge in [-0.05, 0) is 30.0 Å². The molecule has 2 aromatic rings. The molecule has 2 aromatic heterocycles. The minimum Gasteiger partial charge on any atom is -0.365 e. The molecule has 0 saturated carbocycles. The Labute approximate surface area is 138 Å². The van der Waals surface area contributed by atoms with Crippen molar-refractivity contribution in [3.63, 3.8) is 0 Å². The molecule has 1 saturated heterocycles. The third-order valence-corrected chi connectivity index (χ3v) is 6.08. The fourth-order valence-corrected chi connectivity index (χ4v) is 4.73. The number of aromatic nitrogens is 2. The van der Waals surface area contributed by atoms with Gasteiger partial charge in [-0.2, -0.15) is 0 Å². The fraction of sp³-hybridized carbons (Fsp3) is 0.357. The molecule has 3 heterocycles. The molecule has 1 unspecified atom stereocenters. The summed E-state index contributed by atoms with van der Waals surface area (Å²) in [5.74, 6) is 1.05. The van der Waals surface area contributed by atoms with E-state index in [0.717, 1.165) is 4.88 Å². The molecule has 0 aliphatic carbocycles. The van der Waals surface area contributed by atoms with Gasteiger partial charge in [-0.1, -0.05) is 6.07 Å². The SMILES string of the molecule is O=C(Cc1cccs1)Nc1ccc(NC2CCS(=O)(=O)C2)nn1. The van der Waals surface area contributed by atoms with Gasteiger partial charge in [0.25, 0.3) is 0 Å². The third kappa shape index (κ3) is 4.49. The van der Waals surface area contributed by atoms with E-state index in [1.54, 1.807) is 12.1 Å². The van der Waals surface area contributed by atoms with Crippen molar-refractivity contribution >= 4 is 38.7 Å². The van der Waals surface area contributed by atoms with Crippen molar-refractivity contribution in [3.05, 3.63) is 34.5 Å². The van der Waals surface area contributed by atoms with Gasteiger partial charge in [0.1, 0.15) is 5.82 Å². The van der Waals surface area contributed by atoms with E-state index in [9.17, 15) is 13.2 Å². The summed E-state index contributed by atoms with van der Waals surface area (Å²) in [7, 11) is -2.93. The molecular weight excluding hydrogens is 336 g/mol. The Bertz CT molecular complexity index is 773. The van der Waals surface area contributed by atoms with E-state index in [2.05, 4.69) is 20.8 Å². The van der Waals surface area contributed by atoms with Gasteiger partial charge in [0.15, 0.2) is 15.7 Å². The molecule has 0 aromatic carbocycles. The van der Waals surface area contributed by atoms with Crippen molar-refractivity contribution in [2.75, 3.05) is 22.1 Å². The maximum absolute atomic E-state index is 11.9. The Morgan fingerprint density at radius 2 is 2.04 bits per heavy atom. The van der Waals surface area contributed by atoms with Crippen LogP contribution in [0.25, 0.3) is 0 Å². The molecule has 3 rings (SSSR count). The smallest absolute Gasteiger partial charge is 0.230 e. The number of hydrogen-bond acceptors (Lipinski definition) is 7. The van der Waals surface area contributed by atoms with Crippen LogP contribution in [0, 0.1) is 0 Å². The highest BCUT2D eigenvalue weighted by Crippen LogP contribution is 2.16. The standard InChI is InChI=1S/C14H16N4O3S2/c19-14(8-11-2-1-6-22-11)16-13-4-3-12(17-18-13)15-10-5-7-23(20,21)9-10/h1-4,6,10H,5,7-9H2,(H,15,17)(H,16,18,19). The van der Waals surface area contributed by atoms with Crippen LogP contribution in [0.5, 0.6) is 0 Å². The van der Waals surface area contributed by atoms with Crippen molar-refractivity contribution < 1.29 is 13.2 Å². The van der Waals surface area contributed by atoms with E-state index in [-0.39, 0.29) is 23.5 Å². The number of nitrogens with zero attached hydrogens (tertiary/aromatic N) is 2. The van der Waals surface area contributed by atoms with Crippen LogP contribution in [0.4, 0.5) is 11.6 Å². The predicted molar refractivity (Wildman–Crippen MR) is 89.4 cm³/mol. The van der Waals surface area contributed by atoms with Gasteiger partial charge in [-0.3, -0.25) is 4.79 Å². The predicted octanol–water partition coefficient (Wildman–Crippen LogP) is 1.32. The molecule has 7 nitrogen and oxygen atoms in total. The zero-order valence-corrected chi connectivity index (χ0v) is 13.9. The summed E-state index contributed by atoms with van der Waals surface area (Å²) in [6.45, 7) is 0. The van der Waals surface area contributed by atoms with E-state index in [4.69, 9.17) is 0 Å². The summed E-state index contributed by atoms with van der Waals surface area (Å²) < 4.78 is 22.8. The van der Waals surface area contributed by atoms with E-state index in [0.29, 0.717) is 24.5 Å². The van der Waals surface area contributed by atoms with Crippen molar-refractivity contribution in [2.24, 2.45) is 0 Å². The first-order valence-corrected chi connectivity index (χ1v) is 9.83. The number of hydrogen-bond donors (Lipinski definition) is 2. The Morgan fingerprint density at radius 3 is 2.65 bits per heavy atom. The largest absolute Gasteiger partial charge is 0.365 e. The molecule has 1 fully saturated rings. The average molecular weight is 352 g/mol. The third-order valence-electron chi connectivity index (χ3n) is 3.43. The van der Waals surface area contributed by atoms with E-state index < -0.39 is 9.84 Å². The maximum atomic E-state index is 11.9. The molecule has 1 aliphatic rings. The Morgan fingerprint density at radius 1 is 1.26 bits per heavy atom. The van der Waals surface area contributed by atoms with Crippen molar-refractivity contribution in [3.8, 4) is 0 Å². The molecule has 1 amide bonds. The van der Waals surface area contributed by atoms with Gasteiger partial charge in [0.05, 0.1) is 17.9 Å². The minimum absolute atomic E-state index is 0.119. The highest BCUT2D eigenvalue weighted by molar-refractivity contribution is 7.91. The molecule has 23 heavy (non-hydrogen) atoms. The first-order valence-electron chi connectivity index (χ1n) is 7.13. The highest BCUT2D eigenvalue weighted by atomic mass is 32.2. The van der Waals surface area contributed by atoms with Crippen molar-refractivity contribution in [1.29, 1.82) is 0 Å². The average Bonchev–Trinajstić information content (AvgIpc) is 3.10. The Hall–Kier alpha value is -2.00. The first-order chi connectivity index (χ1) is 11.0. The molecule has 0 bridgehead atoms. The van der Waals surface area contributed by atoms with Gasteiger partial charge in [-0.15, -0.1) is 21.5 Å². The Kier molecular flexibility index (Phi) is 4.58. The van der Waals surface area contributed by atoms with Crippen molar-refractivity contribution in [1.82, 2.24) is 10.2 Å². The summed E-state index contributed by atoms with van der Waals surface area (Å²) in [6.07, 6.45) is 0.878. The van der Waals surface area contributed by atoms with Crippen LogP contribution in [0.1, 0.15) is 11.3 Å². The lowest BCUT2D eigenvalue weighted by Gasteiger charge is -2.11. The number of carbonyl (C=O) groups is 1. The summed E-state index contributed by atoms with van der Waals surface area (Å²) in [5, 5.41) is 15.6. The molecule has 122 valence electrons. The molecule has 2 N–H and O–H groups in total. The second-order valence-corrected chi connectivity index (χ2v) is 8.61. The lowest BCUT2D eigenvalue weighted by Crippen LogP contribution is -2.21. The quantitative estimate of drug-likeness (QED) is 0.842. The molecule has 0 spiro atoms. The number of thiophene rings is 1. The molecule has 1 aliphatic heterocycles. The summed E-state index contributed by atoms with van der Waals surface area (Å²) in [6, 6.07) is 6.99. The maximum Gasteiger partial charge on any atom is 0.230 e. The van der Waals surface area contributed by atoms with E-state index >= 15 is 0 Å². The van der Waals surface area contributed by atoms with E-state index in [1.165, 1.54) is 11.3 Å². The molecular formula is C14H16N4O3S2. The van der Waals surface area contributed by atoms with Crippen molar-refractivity contribution in [2.45, 2.75) is 18.9 Å². The van der Waals surface area contributed by atoms with Crippen LogP contribution in [-0.4, -0.2) is 42.1 Å². The topological polar surface area (TPSA) is 101 Å². The van der Waals surface area contributed by atoms with Crippen LogP contribution in [0.15, 0.2) is 29.6 Å².